The molecule has 0 heterocycles. The van der Waals surface area contributed by atoms with Gasteiger partial charge in [-0.1, -0.05) is 64.5 Å². The van der Waals surface area contributed by atoms with E-state index in [4.69, 9.17) is 0 Å². The van der Waals surface area contributed by atoms with Gasteiger partial charge in [-0.25, -0.2) is 0 Å². The van der Waals surface area contributed by atoms with E-state index in [1.165, 1.54) is 6.92 Å². The van der Waals surface area contributed by atoms with Crippen LogP contribution >= 0.6 is 15.9 Å². The molecule has 0 spiro atoms. The highest BCUT2D eigenvalue weighted by molar-refractivity contribution is 9.10. The number of Topliss-reactive ketones (excluding diaryl/α,β-unsaturated/α-hetero) is 1. The molecule has 3 aromatic carbocycles. The van der Waals surface area contributed by atoms with Crippen LogP contribution in [0.3, 0.4) is 0 Å². The molecule has 0 aliphatic carbocycles. The second-order valence-electron chi connectivity index (χ2n) is 5.99. The number of hydrogen-bond donors (Lipinski definition) is 1. The van der Waals surface area contributed by atoms with E-state index in [0.29, 0.717) is 11.3 Å². The lowest BCUT2D eigenvalue weighted by Crippen LogP contribution is -2.25. The summed E-state index contributed by atoms with van der Waals surface area (Å²) in [6.45, 7) is 1.19. The van der Waals surface area contributed by atoms with Crippen molar-refractivity contribution < 1.29 is 18.0 Å². The van der Waals surface area contributed by atoms with Crippen LogP contribution in [-0.2, 0) is 4.79 Å². The summed E-state index contributed by atoms with van der Waals surface area (Å²) in [7, 11) is 0. The van der Waals surface area contributed by atoms with Crippen LogP contribution in [0.15, 0.2) is 76.8 Å². The van der Waals surface area contributed by atoms with Crippen LogP contribution in [-0.4, -0.2) is 12.0 Å². The number of halogens is 4. The number of hydrogen-bond acceptors (Lipinski definition) is 2. The first-order valence-corrected chi connectivity index (χ1v) is 8.90. The molecule has 0 radical (unpaired) electrons. The largest absolute Gasteiger partial charge is 0.454 e. The molecule has 2 nitrogen and oxygen atoms in total. The van der Waals surface area contributed by atoms with Gasteiger partial charge in [0.2, 0.25) is 0 Å². The van der Waals surface area contributed by atoms with E-state index in [2.05, 4.69) is 21.2 Å². The molecule has 3 aromatic rings. The fourth-order valence-electron chi connectivity index (χ4n) is 2.79. The number of allylic oxidation sites excluding steroid dienone is 1. The van der Waals surface area contributed by atoms with Gasteiger partial charge in [0, 0.05) is 21.1 Å². The van der Waals surface area contributed by atoms with Crippen LogP contribution < -0.4 is 5.32 Å². The SMILES string of the molecule is C/C(C(=O)C(F)(F)F)=C(/Nc1cccc2ccccc12)c1ccc(Br)cc1. The molecule has 0 atom stereocenters. The van der Waals surface area contributed by atoms with Gasteiger partial charge in [-0.3, -0.25) is 4.79 Å². The van der Waals surface area contributed by atoms with E-state index in [-0.39, 0.29) is 5.70 Å². The average molecular weight is 434 g/mol. The van der Waals surface area contributed by atoms with Crippen LogP contribution in [0.5, 0.6) is 0 Å². The molecule has 0 aliphatic rings. The Morgan fingerprint density at radius 2 is 1.56 bits per heavy atom. The van der Waals surface area contributed by atoms with Gasteiger partial charge in [0.05, 0.1) is 5.70 Å². The highest BCUT2D eigenvalue weighted by Gasteiger charge is 2.40. The predicted molar refractivity (Wildman–Crippen MR) is 105 cm³/mol. The van der Waals surface area contributed by atoms with Crippen molar-refractivity contribution in [3.63, 3.8) is 0 Å². The third kappa shape index (κ3) is 4.22. The van der Waals surface area contributed by atoms with Crippen molar-refractivity contribution in [1.29, 1.82) is 0 Å². The molecule has 0 amide bonds. The topological polar surface area (TPSA) is 29.1 Å². The van der Waals surface area contributed by atoms with Crippen molar-refractivity contribution in [3.8, 4) is 0 Å². The molecular weight excluding hydrogens is 419 g/mol. The second kappa shape index (κ2) is 7.56. The molecule has 138 valence electrons. The predicted octanol–water partition coefficient (Wildman–Crippen LogP) is 6.58. The van der Waals surface area contributed by atoms with Crippen LogP contribution in [0.25, 0.3) is 16.5 Å². The van der Waals surface area contributed by atoms with Crippen molar-refractivity contribution in [2.24, 2.45) is 0 Å². The zero-order valence-electron chi connectivity index (χ0n) is 14.3. The van der Waals surface area contributed by atoms with E-state index in [9.17, 15) is 18.0 Å². The molecule has 0 aliphatic heterocycles. The number of ketones is 1. The zero-order chi connectivity index (χ0) is 19.6. The Morgan fingerprint density at radius 1 is 0.926 bits per heavy atom. The summed E-state index contributed by atoms with van der Waals surface area (Å²) in [6, 6.07) is 19.8. The molecular formula is C21H15BrF3NO. The Hall–Kier alpha value is -2.60. The Kier molecular flexibility index (Phi) is 5.37. The molecule has 0 fully saturated rings. The average Bonchev–Trinajstić information content (AvgIpc) is 2.65. The van der Waals surface area contributed by atoms with Gasteiger partial charge in [-0.05, 0) is 36.1 Å². The quantitative estimate of drug-likeness (QED) is 0.471. The zero-order valence-corrected chi connectivity index (χ0v) is 15.9. The summed E-state index contributed by atoms with van der Waals surface area (Å²) in [6.07, 6.45) is -4.94. The maximum Gasteiger partial charge on any atom is 0.454 e. The van der Waals surface area contributed by atoms with Gasteiger partial charge < -0.3 is 5.32 Å². The monoisotopic (exact) mass is 433 g/mol. The minimum atomic E-state index is -4.94. The Balaban J connectivity index is 2.15. The van der Waals surface area contributed by atoms with Crippen LogP contribution in [0.1, 0.15) is 12.5 Å². The lowest BCUT2D eigenvalue weighted by atomic mass is 10.0. The standard InChI is InChI=1S/C21H15BrF3NO/c1-13(20(27)21(23,24)25)19(15-9-11-16(22)12-10-15)26-18-8-4-6-14-5-2-3-7-17(14)18/h2-12,26H,1H3/b19-13-. The minimum absolute atomic E-state index is 0.126. The fraction of sp³-hybridized carbons (Fsp3) is 0.0952. The van der Waals surface area contributed by atoms with Crippen molar-refractivity contribution in [1.82, 2.24) is 0 Å². The second-order valence-corrected chi connectivity index (χ2v) is 6.90. The number of benzene rings is 3. The van der Waals surface area contributed by atoms with Crippen LogP contribution in [0, 0.1) is 0 Å². The minimum Gasteiger partial charge on any atom is -0.354 e. The summed E-state index contributed by atoms with van der Waals surface area (Å²) in [5.74, 6) is -1.87. The number of rotatable bonds is 4. The van der Waals surface area contributed by atoms with Crippen LogP contribution in [0.2, 0.25) is 0 Å². The Morgan fingerprint density at radius 3 is 2.22 bits per heavy atom. The van der Waals surface area contributed by atoms with E-state index in [1.54, 1.807) is 30.3 Å². The van der Waals surface area contributed by atoms with E-state index in [0.717, 1.165) is 15.2 Å². The van der Waals surface area contributed by atoms with Gasteiger partial charge in [-0.15, -0.1) is 0 Å². The first-order valence-electron chi connectivity index (χ1n) is 8.10. The van der Waals surface area contributed by atoms with Gasteiger partial charge >= 0.3 is 6.18 Å². The number of nitrogens with one attached hydrogen (secondary N) is 1. The number of carbonyl (C=O) groups is 1. The lowest BCUT2D eigenvalue weighted by Gasteiger charge is -2.17. The summed E-state index contributed by atoms with van der Waals surface area (Å²) in [4.78, 5) is 11.9. The first kappa shape index (κ1) is 19.2. The van der Waals surface area contributed by atoms with Crippen molar-refractivity contribution in [2.45, 2.75) is 13.1 Å². The molecule has 0 saturated heterocycles. The highest BCUT2D eigenvalue weighted by Crippen LogP contribution is 2.31. The normalized spacial score (nSPS) is 12.6. The molecule has 3 rings (SSSR count). The number of alkyl halides is 3. The fourth-order valence-corrected chi connectivity index (χ4v) is 3.06. The molecule has 0 saturated carbocycles. The Labute approximate surface area is 162 Å². The summed E-state index contributed by atoms with van der Waals surface area (Å²) in [5.41, 5.74) is 0.848. The maximum atomic E-state index is 13.0. The van der Waals surface area contributed by atoms with E-state index in [1.807, 2.05) is 36.4 Å². The lowest BCUT2D eigenvalue weighted by molar-refractivity contribution is -0.166. The molecule has 1 N–H and O–H groups in total. The first-order chi connectivity index (χ1) is 12.8. The maximum absolute atomic E-state index is 13.0. The molecule has 27 heavy (non-hydrogen) atoms. The third-order valence-corrected chi connectivity index (χ3v) is 4.68. The van der Waals surface area contributed by atoms with Crippen molar-refractivity contribution in [3.05, 3.63) is 82.3 Å². The Bertz CT molecular complexity index is 1020. The van der Waals surface area contributed by atoms with Crippen molar-refractivity contribution >= 4 is 43.9 Å². The van der Waals surface area contributed by atoms with Gasteiger partial charge in [0.25, 0.3) is 5.78 Å². The molecule has 6 heteroatoms. The van der Waals surface area contributed by atoms with Crippen molar-refractivity contribution in [2.75, 3.05) is 5.32 Å². The van der Waals surface area contributed by atoms with Gasteiger partial charge in [-0.2, -0.15) is 13.2 Å². The molecule has 0 bridgehead atoms. The van der Waals surface area contributed by atoms with Gasteiger partial charge in [0.1, 0.15) is 0 Å². The summed E-state index contributed by atoms with van der Waals surface area (Å²) in [5, 5.41) is 4.85. The molecule has 0 unspecified atom stereocenters. The highest BCUT2D eigenvalue weighted by atomic mass is 79.9. The van der Waals surface area contributed by atoms with E-state index >= 15 is 0 Å². The summed E-state index contributed by atoms with van der Waals surface area (Å²) >= 11 is 3.31. The molecule has 0 aromatic heterocycles. The smallest absolute Gasteiger partial charge is 0.354 e. The van der Waals surface area contributed by atoms with Gasteiger partial charge in [0.15, 0.2) is 0 Å². The van der Waals surface area contributed by atoms with Crippen LogP contribution in [0.4, 0.5) is 18.9 Å². The third-order valence-electron chi connectivity index (χ3n) is 4.16. The number of anilines is 1. The van der Waals surface area contributed by atoms with E-state index < -0.39 is 17.5 Å². The number of fused-ring (bicyclic) bond motifs is 1. The summed E-state index contributed by atoms with van der Waals surface area (Å²) < 4.78 is 39.8. The number of carbonyl (C=O) groups excluding carboxylic acids is 1.